The monoisotopic (exact) mass is 449 g/mol. The lowest BCUT2D eigenvalue weighted by molar-refractivity contribution is -0.384. The topological polar surface area (TPSA) is 148 Å². The summed E-state index contributed by atoms with van der Waals surface area (Å²) in [5.74, 6) is -1.60. The van der Waals surface area contributed by atoms with Crippen LogP contribution in [0.4, 0.5) is 10.5 Å². The van der Waals surface area contributed by atoms with Crippen LogP contribution in [0.1, 0.15) is 52.0 Å². The quantitative estimate of drug-likeness (QED) is 0.408. The lowest BCUT2D eigenvalue weighted by atomic mass is 9.81. The van der Waals surface area contributed by atoms with Gasteiger partial charge in [-0.1, -0.05) is 12.1 Å². The first kappa shape index (κ1) is 25.1. The lowest BCUT2D eigenvalue weighted by Crippen LogP contribution is -2.46. The number of non-ortho nitro benzene ring substituents is 1. The maximum Gasteiger partial charge on any atom is 0.407 e. The standard InChI is InChI=1S/C22H31N3O7/c1-22(2,3)32-21(29)23-13-14-7-9-16(10-8-14)19(26)24-18(20(27)28)12-15-5-4-6-17(11-15)25(30)31/h4-6,11,14,16,18H,7-10,12-13H2,1-3H3,(H,23,29)(H,24,26)(H,27,28). The number of benzene rings is 1. The highest BCUT2D eigenvalue weighted by Crippen LogP contribution is 2.29. The number of carbonyl (C=O) groups excluding carboxylic acids is 2. The van der Waals surface area contributed by atoms with Gasteiger partial charge in [0.25, 0.3) is 5.69 Å². The number of carboxylic acids is 1. The minimum Gasteiger partial charge on any atom is -0.480 e. The van der Waals surface area contributed by atoms with E-state index in [1.165, 1.54) is 18.2 Å². The summed E-state index contributed by atoms with van der Waals surface area (Å²) in [5, 5.41) is 25.8. The van der Waals surface area contributed by atoms with Crippen molar-refractivity contribution in [1.29, 1.82) is 0 Å². The number of alkyl carbamates (subject to hydrolysis) is 1. The van der Waals surface area contributed by atoms with Crippen LogP contribution in [0.3, 0.4) is 0 Å². The Morgan fingerprint density at radius 2 is 1.88 bits per heavy atom. The number of carboxylic acid groups (broad SMARTS) is 1. The maximum atomic E-state index is 12.6. The summed E-state index contributed by atoms with van der Waals surface area (Å²) >= 11 is 0. The van der Waals surface area contributed by atoms with E-state index < -0.39 is 28.6 Å². The molecule has 0 radical (unpaired) electrons. The van der Waals surface area contributed by atoms with Crippen molar-refractivity contribution in [1.82, 2.24) is 10.6 Å². The van der Waals surface area contributed by atoms with E-state index in [4.69, 9.17) is 4.74 Å². The van der Waals surface area contributed by atoms with Crippen molar-refractivity contribution in [3.8, 4) is 0 Å². The summed E-state index contributed by atoms with van der Waals surface area (Å²) < 4.78 is 5.22. The first-order valence-corrected chi connectivity index (χ1v) is 10.7. The van der Waals surface area contributed by atoms with Gasteiger partial charge in [0.05, 0.1) is 4.92 Å². The van der Waals surface area contributed by atoms with Gasteiger partial charge in [-0.25, -0.2) is 9.59 Å². The zero-order chi connectivity index (χ0) is 23.9. The molecule has 1 aromatic rings. The second-order valence-corrected chi connectivity index (χ2v) is 9.13. The van der Waals surface area contributed by atoms with Crippen molar-refractivity contribution in [3.05, 3.63) is 39.9 Å². The molecule has 1 fully saturated rings. The van der Waals surface area contributed by atoms with E-state index in [0.29, 0.717) is 24.9 Å². The van der Waals surface area contributed by atoms with Crippen molar-refractivity contribution in [2.45, 2.75) is 64.5 Å². The molecule has 176 valence electrons. The molecule has 1 saturated carbocycles. The Hall–Kier alpha value is -3.17. The van der Waals surface area contributed by atoms with Gasteiger partial charge in [0.2, 0.25) is 5.91 Å². The Balaban J connectivity index is 1.84. The normalized spacial score (nSPS) is 19.5. The van der Waals surface area contributed by atoms with E-state index >= 15 is 0 Å². The molecule has 2 rings (SSSR count). The predicted molar refractivity (Wildman–Crippen MR) is 116 cm³/mol. The molecular formula is C22H31N3O7. The molecule has 3 N–H and O–H groups in total. The molecule has 1 unspecified atom stereocenters. The van der Waals surface area contributed by atoms with Crippen molar-refractivity contribution < 1.29 is 29.2 Å². The summed E-state index contributed by atoms with van der Waals surface area (Å²) in [6, 6.07) is 4.55. The molecule has 1 aliphatic carbocycles. The number of amides is 2. The van der Waals surface area contributed by atoms with Gasteiger partial charge in [0.15, 0.2) is 0 Å². The van der Waals surface area contributed by atoms with Crippen molar-refractivity contribution in [2.24, 2.45) is 11.8 Å². The van der Waals surface area contributed by atoms with Crippen LogP contribution in [-0.4, -0.2) is 46.2 Å². The molecule has 0 spiro atoms. The fraction of sp³-hybridized carbons (Fsp3) is 0.591. The highest BCUT2D eigenvalue weighted by atomic mass is 16.6. The number of hydrogen-bond donors (Lipinski definition) is 3. The zero-order valence-electron chi connectivity index (χ0n) is 18.6. The molecule has 2 amide bonds. The number of hydrogen-bond acceptors (Lipinski definition) is 6. The van der Waals surface area contributed by atoms with E-state index in [1.54, 1.807) is 26.8 Å². The minimum absolute atomic E-state index is 0.0437. The second kappa shape index (κ2) is 10.9. The third-order valence-corrected chi connectivity index (χ3v) is 5.33. The predicted octanol–water partition coefficient (Wildman–Crippen LogP) is 3.04. The van der Waals surface area contributed by atoms with E-state index in [-0.39, 0.29) is 29.9 Å². The minimum atomic E-state index is -1.19. The van der Waals surface area contributed by atoms with E-state index in [1.807, 2.05) is 0 Å². The molecule has 0 aliphatic heterocycles. The Morgan fingerprint density at radius 3 is 2.44 bits per heavy atom. The molecule has 0 bridgehead atoms. The van der Waals surface area contributed by atoms with Crippen LogP contribution < -0.4 is 10.6 Å². The van der Waals surface area contributed by atoms with Crippen LogP contribution in [0, 0.1) is 22.0 Å². The number of nitrogens with zero attached hydrogens (tertiary/aromatic N) is 1. The summed E-state index contributed by atoms with van der Waals surface area (Å²) in [5.41, 5.74) is -0.231. The van der Waals surface area contributed by atoms with Gasteiger partial charge in [-0.05, 0) is 57.9 Å². The van der Waals surface area contributed by atoms with Crippen LogP contribution in [0.5, 0.6) is 0 Å². The van der Waals surface area contributed by atoms with E-state index in [0.717, 1.165) is 12.8 Å². The van der Waals surface area contributed by atoms with Crippen LogP contribution in [0.2, 0.25) is 0 Å². The Bertz CT molecular complexity index is 842. The van der Waals surface area contributed by atoms with E-state index in [9.17, 15) is 29.6 Å². The molecule has 0 aromatic heterocycles. The summed E-state index contributed by atoms with van der Waals surface area (Å²) in [4.78, 5) is 46.4. The average molecular weight is 450 g/mol. The number of nitro groups is 1. The van der Waals surface area contributed by atoms with Crippen LogP contribution in [0.15, 0.2) is 24.3 Å². The molecule has 1 aromatic carbocycles. The number of carbonyl (C=O) groups is 3. The van der Waals surface area contributed by atoms with Crippen molar-refractivity contribution in [2.75, 3.05) is 6.54 Å². The fourth-order valence-electron chi connectivity index (χ4n) is 3.69. The van der Waals surface area contributed by atoms with Gasteiger partial charge in [-0.15, -0.1) is 0 Å². The molecule has 10 nitrogen and oxygen atoms in total. The molecule has 0 heterocycles. The largest absolute Gasteiger partial charge is 0.480 e. The first-order valence-electron chi connectivity index (χ1n) is 10.7. The molecule has 32 heavy (non-hydrogen) atoms. The summed E-state index contributed by atoms with van der Waals surface area (Å²) in [6.45, 7) is 5.84. The Morgan fingerprint density at radius 1 is 1.22 bits per heavy atom. The Labute approximate surface area is 186 Å². The number of ether oxygens (including phenoxy) is 1. The average Bonchev–Trinajstić information content (AvgIpc) is 2.71. The third-order valence-electron chi connectivity index (χ3n) is 5.33. The molecule has 1 atom stereocenters. The van der Waals surface area contributed by atoms with Crippen LogP contribution in [0.25, 0.3) is 0 Å². The zero-order valence-corrected chi connectivity index (χ0v) is 18.6. The lowest BCUT2D eigenvalue weighted by Gasteiger charge is -2.29. The number of nitrogens with one attached hydrogen (secondary N) is 2. The van der Waals surface area contributed by atoms with Gasteiger partial charge in [0, 0.05) is 31.0 Å². The van der Waals surface area contributed by atoms with E-state index in [2.05, 4.69) is 10.6 Å². The highest BCUT2D eigenvalue weighted by Gasteiger charge is 2.30. The molecule has 10 heteroatoms. The number of nitro benzene ring substituents is 1. The third kappa shape index (κ3) is 8.16. The number of rotatable bonds is 8. The van der Waals surface area contributed by atoms with Gasteiger partial charge in [0.1, 0.15) is 11.6 Å². The summed E-state index contributed by atoms with van der Waals surface area (Å²) in [7, 11) is 0. The molecular weight excluding hydrogens is 418 g/mol. The SMILES string of the molecule is CC(C)(C)OC(=O)NCC1CCC(C(=O)NC(Cc2cccc([N+](=O)[O-])c2)C(=O)O)CC1. The van der Waals surface area contributed by atoms with Crippen LogP contribution >= 0.6 is 0 Å². The highest BCUT2D eigenvalue weighted by molar-refractivity contribution is 5.85. The second-order valence-electron chi connectivity index (χ2n) is 9.13. The Kier molecular flexibility index (Phi) is 8.56. The van der Waals surface area contributed by atoms with Gasteiger partial charge in [-0.3, -0.25) is 14.9 Å². The summed E-state index contributed by atoms with van der Waals surface area (Å²) in [6.07, 6.45) is 2.14. The van der Waals surface area contributed by atoms with Crippen molar-refractivity contribution in [3.63, 3.8) is 0 Å². The fourth-order valence-corrected chi connectivity index (χ4v) is 3.69. The maximum absolute atomic E-state index is 12.6. The number of aliphatic carboxylic acids is 1. The van der Waals surface area contributed by atoms with Crippen LogP contribution in [-0.2, 0) is 20.7 Å². The molecule has 1 aliphatic rings. The van der Waals surface area contributed by atoms with Gasteiger partial charge < -0.3 is 20.5 Å². The van der Waals surface area contributed by atoms with Gasteiger partial charge in [-0.2, -0.15) is 0 Å². The van der Waals surface area contributed by atoms with Gasteiger partial charge >= 0.3 is 12.1 Å². The molecule has 0 saturated heterocycles. The smallest absolute Gasteiger partial charge is 0.407 e. The first-order chi connectivity index (χ1) is 14.9. The van der Waals surface area contributed by atoms with Crippen molar-refractivity contribution >= 4 is 23.7 Å².